The Hall–Kier alpha value is -7.11. The quantitative estimate of drug-likeness (QED) is 0.171. The van der Waals surface area contributed by atoms with Crippen molar-refractivity contribution in [3.63, 3.8) is 0 Å². The Balaban J connectivity index is 1.16. The van der Waals surface area contributed by atoms with Crippen LogP contribution in [-0.4, -0.2) is 14.8 Å². The van der Waals surface area contributed by atoms with E-state index in [-0.39, 0.29) is 5.97 Å². The lowest BCUT2D eigenvalue weighted by atomic mass is 9.77. The first-order chi connectivity index (χ1) is 27.0. The minimum Gasteiger partial charge on any atom is -0.456 e. The summed E-state index contributed by atoms with van der Waals surface area (Å²) in [6, 6.07) is 54.1. The highest BCUT2D eigenvalue weighted by molar-refractivity contribution is 5.98. The Labute approximate surface area is 318 Å². The second-order valence-corrected chi connectivity index (χ2v) is 14.5. The molecular formula is C50H34N2O3. The van der Waals surface area contributed by atoms with Gasteiger partial charge in [0, 0.05) is 62.4 Å². The third kappa shape index (κ3) is 4.38. The molecule has 0 aliphatic carbocycles. The summed E-state index contributed by atoms with van der Waals surface area (Å²) < 4.78 is 18.2. The number of aromatic nitrogens is 2. The molecule has 5 heteroatoms. The molecule has 2 aliphatic rings. The number of pyridine rings is 2. The van der Waals surface area contributed by atoms with Gasteiger partial charge in [-0.2, -0.15) is 0 Å². The lowest BCUT2D eigenvalue weighted by Crippen LogP contribution is -2.33. The number of nitrogens with zero attached hydrogens (tertiary/aromatic N) is 2. The highest BCUT2D eigenvalue weighted by Gasteiger charge is 2.53. The van der Waals surface area contributed by atoms with Crippen LogP contribution in [0.25, 0.3) is 55.8 Å². The van der Waals surface area contributed by atoms with Crippen molar-refractivity contribution in [2.24, 2.45) is 0 Å². The van der Waals surface area contributed by atoms with Crippen molar-refractivity contribution < 1.29 is 14.3 Å². The number of hydrogen-bond acceptors (Lipinski definition) is 3. The first-order valence-corrected chi connectivity index (χ1v) is 18.6. The molecule has 262 valence electrons. The molecule has 9 aromatic rings. The molecule has 0 fully saturated rings. The van der Waals surface area contributed by atoms with Crippen molar-refractivity contribution in [1.29, 1.82) is 0 Å². The summed E-state index contributed by atoms with van der Waals surface area (Å²) in [6.45, 7) is 4.38. The topological polar surface area (TPSA) is 44.3 Å². The largest absolute Gasteiger partial charge is 0.456 e. The Bertz CT molecular complexity index is 2850. The van der Waals surface area contributed by atoms with Crippen LogP contribution in [0.15, 0.2) is 170 Å². The van der Waals surface area contributed by atoms with Crippen molar-refractivity contribution in [3.8, 4) is 56.3 Å². The summed E-state index contributed by atoms with van der Waals surface area (Å²) in [5.74, 6) is 0.948. The number of hydrogen-bond donors (Lipinski definition) is 0. The number of benzene rings is 5. The van der Waals surface area contributed by atoms with Gasteiger partial charge in [0.2, 0.25) is 0 Å². The first kappa shape index (κ1) is 31.4. The summed E-state index contributed by atoms with van der Waals surface area (Å²) in [5, 5.41) is 0. The Morgan fingerprint density at radius 1 is 0.473 bits per heavy atom. The van der Waals surface area contributed by atoms with Gasteiger partial charge in [-0.15, -0.1) is 0 Å². The van der Waals surface area contributed by atoms with E-state index in [2.05, 4.69) is 156 Å². The fourth-order valence-corrected chi connectivity index (χ4v) is 9.19. The van der Waals surface area contributed by atoms with E-state index in [4.69, 9.17) is 9.47 Å². The number of esters is 1. The molecule has 0 saturated carbocycles. The maximum atomic E-state index is 13.8. The van der Waals surface area contributed by atoms with Gasteiger partial charge in [0.25, 0.3) is 0 Å². The Kier molecular flexibility index (Phi) is 6.68. The molecule has 0 radical (unpaired) electrons. The van der Waals surface area contributed by atoms with Crippen LogP contribution >= 0.6 is 0 Å². The van der Waals surface area contributed by atoms with E-state index >= 15 is 0 Å². The number of rotatable bonds is 4. The summed E-state index contributed by atoms with van der Waals surface area (Å²) in [7, 11) is 0. The SMILES string of the molecule is Cc1c(-c2ccccc2)c(-c2ccc3c(c2)Oc2cc(-c4c(-c5ccccc5)c(C)c5ccccn45)ccc2C32OC(=O)c3ccccc32)n2ccccc12. The number of carbonyl (C=O) groups excluding carboxylic acids is 1. The van der Waals surface area contributed by atoms with Gasteiger partial charge in [0.15, 0.2) is 5.60 Å². The molecule has 0 amide bonds. The third-order valence-corrected chi connectivity index (χ3v) is 11.6. The molecule has 4 aromatic heterocycles. The smallest absolute Gasteiger partial charge is 0.340 e. The van der Waals surface area contributed by atoms with E-state index in [0.29, 0.717) is 17.1 Å². The molecule has 0 atom stereocenters. The Morgan fingerprint density at radius 3 is 1.47 bits per heavy atom. The van der Waals surface area contributed by atoms with Gasteiger partial charge in [0.05, 0.1) is 17.0 Å². The van der Waals surface area contributed by atoms with E-state index in [1.807, 2.05) is 36.4 Å². The van der Waals surface area contributed by atoms with Gasteiger partial charge in [-0.25, -0.2) is 4.79 Å². The molecule has 55 heavy (non-hydrogen) atoms. The average Bonchev–Trinajstić information content (AvgIpc) is 3.82. The molecule has 5 nitrogen and oxygen atoms in total. The second-order valence-electron chi connectivity index (χ2n) is 14.5. The van der Waals surface area contributed by atoms with Crippen LogP contribution in [0.4, 0.5) is 0 Å². The predicted molar refractivity (Wildman–Crippen MR) is 218 cm³/mol. The first-order valence-electron chi connectivity index (χ1n) is 18.6. The van der Waals surface area contributed by atoms with Gasteiger partial charge in [-0.05, 0) is 90.7 Å². The fourth-order valence-electron chi connectivity index (χ4n) is 9.19. The zero-order chi connectivity index (χ0) is 36.8. The van der Waals surface area contributed by atoms with Crippen molar-refractivity contribution in [3.05, 3.63) is 203 Å². The standard InChI is InChI=1S/C50H34N2O3/c1-31-41-21-11-13-27-51(41)47(45(31)33-15-5-3-6-16-33)35-23-25-39-43(29-35)54-44-30-36(24-26-40(44)50(39)38-20-10-9-19-37(38)49(53)55-50)48-46(34-17-7-4-8-18-34)32(2)42-22-12-14-28-52(42)48/h3-30H,1-2H3. The van der Waals surface area contributed by atoms with Crippen LogP contribution in [0.2, 0.25) is 0 Å². The van der Waals surface area contributed by atoms with Gasteiger partial charge >= 0.3 is 5.97 Å². The summed E-state index contributed by atoms with van der Waals surface area (Å²) in [6.07, 6.45) is 4.24. The van der Waals surface area contributed by atoms with E-state index < -0.39 is 5.60 Å². The van der Waals surface area contributed by atoms with Crippen molar-refractivity contribution in [2.75, 3.05) is 0 Å². The highest BCUT2D eigenvalue weighted by Crippen LogP contribution is 2.57. The maximum Gasteiger partial charge on any atom is 0.340 e. The van der Waals surface area contributed by atoms with Crippen molar-refractivity contribution >= 4 is 17.0 Å². The Morgan fingerprint density at radius 2 is 0.945 bits per heavy atom. The minimum atomic E-state index is -1.19. The van der Waals surface area contributed by atoms with Crippen molar-refractivity contribution in [2.45, 2.75) is 19.4 Å². The van der Waals surface area contributed by atoms with Gasteiger partial charge < -0.3 is 18.3 Å². The molecular weight excluding hydrogens is 677 g/mol. The van der Waals surface area contributed by atoms with E-state index in [1.165, 1.54) is 22.3 Å². The van der Waals surface area contributed by atoms with E-state index in [0.717, 1.165) is 61.4 Å². The normalized spacial score (nSPS) is 13.7. The second kappa shape index (κ2) is 11.7. The summed E-state index contributed by atoms with van der Waals surface area (Å²) in [4.78, 5) is 13.8. The number of aryl methyl sites for hydroxylation is 2. The molecule has 2 aliphatic heterocycles. The molecule has 0 bridgehead atoms. The lowest BCUT2D eigenvalue weighted by Gasteiger charge is -2.37. The van der Waals surface area contributed by atoms with Gasteiger partial charge in [0.1, 0.15) is 11.5 Å². The monoisotopic (exact) mass is 710 g/mol. The molecule has 11 rings (SSSR count). The zero-order valence-electron chi connectivity index (χ0n) is 30.3. The summed E-state index contributed by atoms with van der Waals surface area (Å²) in [5.41, 5.74) is 15.2. The number of fused-ring (bicyclic) bond motifs is 8. The van der Waals surface area contributed by atoms with Crippen LogP contribution in [0.5, 0.6) is 11.5 Å². The molecule has 0 saturated heterocycles. The van der Waals surface area contributed by atoms with E-state index in [1.54, 1.807) is 0 Å². The number of carbonyl (C=O) groups is 1. The lowest BCUT2D eigenvalue weighted by molar-refractivity contribution is 0.0224. The maximum absolute atomic E-state index is 13.8. The molecule has 0 N–H and O–H groups in total. The van der Waals surface area contributed by atoms with Crippen LogP contribution in [0.1, 0.15) is 38.2 Å². The zero-order valence-corrected chi connectivity index (χ0v) is 30.3. The van der Waals surface area contributed by atoms with Gasteiger partial charge in [-0.3, -0.25) is 0 Å². The minimum absolute atomic E-state index is 0.346. The van der Waals surface area contributed by atoms with E-state index in [9.17, 15) is 4.79 Å². The molecule has 5 aromatic carbocycles. The van der Waals surface area contributed by atoms with Crippen LogP contribution in [0, 0.1) is 13.8 Å². The molecule has 6 heterocycles. The fraction of sp³-hybridized carbons (Fsp3) is 0.0600. The van der Waals surface area contributed by atoms with Gasteiger partial charge in [-0.1, -0.05) is 103 Å². The molecule has 1 spiro atoms. The van der Waals surface area contributed by atoms with Crippen LogP contribution in [-0.2, 0) is 10.3 Å². The predicted octanol–water partition coefficient (Wildman–Crippen LogP) is 12.0. The summed E-state index contributed by atoms with van der Waals surface area (Å²) >= 11 is 0. The van der Waals surface area contributed by atoms with Crippen LogP contribution < -0.4 is 4.74 Å². The van der Waals surface area contributed by atoms with Crippen molar-refractivity contribution in [1.82, 2.24) is 8.80 Å². The number of ether oxygens (including phenoxy) is 2. The van der Waals surface area contributed by atoms with Crippen LogP contribution in [0.3, 0.4) is 0 Å². The highest BCUT2D eigenvalue weighted by atomic mass is 16.6. The third-order valence-electron chi connectivity index (χ3n) is 11.6. The molecule has 0 unspecified atom stereocenters. The average molecular weight is 711 g/mol.